The zero-order valence-corrected chi connectivity index (χ0v) is 12.2. The second-order valence-electron chi connectivity index (χ2n) is 5.76. The molecule has 1 aromatic carbocycles. The number of rotatable bonds is 0. The lowest BCUT2D eigenvalue weighted by Crippen LogP contribution is -2.24. The molecule has 0 N–H and O–H groups in total. The Morgan fingerprint density at radius 3 is 2.91 bits per heavy atom. The van der Waals surface area contributed by atoms with Crippen molar-refractivity contribution in [3.05, 3.63) is 57.6 Å². The first kappa shape index (κ1) is 13.9. The molecule has 23 heavy (non-hydrogen) atoms. The molecule has 2 aromatic rings. The summed E-state index contributed by atoms with van der Waals surface area (Å²) in [4.78, 5) is 18.3. The van der Waals surface area contributed by atoms with Gasteiger partial charge < -0.3 is 4.90 Å². The number of hydrogen-bond donors (Lipinski definition) is 0. The Hall–Kier alpha value is -2.68. The minimum atomic E-state index is -0.727. The zero-order chi connectivity index (χ0) is 16.0. The first-order valence-electron chi connectivity index (χ1n) is 7.47. The van der Waals surface area contributed by atoms with Crippen molar-refractivity contribution < 1.29 is 8.78 Å². The Balaban J connectivity index is 1.72. The van der Waals surface area contributed by atoms with Gasteiger partial charge in [0.1, 0.15) is 23.1 Å². The summed E-state index contributed by atoms with van der Waals surface area (Å²) in [6.07, 6.45) is 2.19. The van der Waals surface area contributed by atoms with Gasteiger partial charge >= 0.3 is 5.69 Å². The van der Waals surface area contributed by atoms with Gasteiger partial charge in [0.2, 0.25) is 0 Å². The van der Waals surface area contributed by atoms with Crippen LogP contribution in [0.2, 0.25) is 0 Å². The highest BCUT2D eigenvalue weighted by Crippen LogP contribution is 2.31. The molecule has 4 nitrogen and oxygen atoms in total. The standard InChI is InChI=1S/C17H13F2N3O/c18-12-5-3-11(15(19)8-12)4-6-13-9-16-21-7-1-2-14(21)10-22(16)17(23)20-13/h3,5,8-9,14H,1-2,7,10H2. The van der Waals surface area contributed by atoms with Crippen molar-refractivity contribution in [2.24, 2.45) is 0 Å². The first-order chi connectivity index (χ1) is 11.1. The average molecular weight is 313 g/mol. The maximum atomic E-state index is 13.6. The second-order valence-corrected chi connectivity index (χ2v) is 5.76. The lowest BCUT2D eigenvalue weighted by molar-refractivity contribution is 0.581. The van der Waals surface area contributed by atoms with Crippen LogP contribution >= 0.6 is 0 Å². The van der Waals surface area contributed by atoms with E-state index in [4.69, 9.17) is 0 Å². The van der Waals surface area contributed by atoms with Gasteiger partial charge in [-0.15, -0.1) is 0 Å². The maximum absolute atomic E-state index is 13.6. The number of aromatic nitrogens is 2. The van der Waals surface area contributed by atoms with E-state index in [9.17, 15) is 13.6 Å². The second kappa shape index (κ2) is 5.20. The minimum Gasteiger partial charge on any atom is -0.353 e. The molecule has 1 saturated heterocycles. The van der Waals surface area contributed by atoms with Crippen LogP contribution in [0.25, 0.3) is 0 Å². The third-order valence-electron chi connectivity index (χ3n) is 4.31. The molecule has 2 aliphatic heterocycles. The van der Waals surface area contributed by atoms with Gasteiger partial charge in [-0.2, -0.15) is 4.98 Å². The smallest absolute Gasteiger partial charge is 0.350 e. The van der Waals surface area contributed by atoms with Crippen LogP contribution in [0.5, 0.6) is 0 Å². The highest BCUT2D eigenvalue weighted by atomic mass is 19.1. The number of hydrogen-bond acceptors (Lipinski definition) is 3. The van der Waals surface area contributed by atoms with Crippen molar-refractivity contribution in [1.29, 1.82) is 0 Å². The van der Waals surface area contributed by atoms with Crippen molar-refractivity contribution in [2.75, 3.05) is 11.4 Å². The van der Waals surface area contributed by atoms with Crippen molar-refractivity contribution in [2.45, 2.75) is 25.4 Å². The predicted molar refractivity (Wildman–Crippen MR) is 81.2 cm³/mol. The molecule has 0 saturated carbocycles. The monoisotopic (exact) mass is 313 g/mol. The number of halogens is 2. The molecule has 2 aliphatic rings. The lowest BCUT2D eigenvalue weighted by Gasteiger charge is -2.16. The van der Waals surface area contributed by atoms with Crippen molar-refractivity contribution in [3.8, 4) is 11.8 Å². The fourth-order valence-corrected chi connectivity index (χ4v) is 3.23. The van der Waals surface area contributed by atoms with Gasteiger partial charge in [0.15, 0.2) is 0 Å². The number of nitrogens with zero attached hydrogens (tertiary/aromatic N) is 3. The topological polar surface area (TPSA) is 38.1 Å². The summed E-state index contributed by atoms with van der Waals surface area (Å²) in [6, 6.07) is 5.33. The molecule has 0 radical (unpaired) electrons. The number of fused-ring (bicyclic) bond motifs is 3. The van der Waals surface area contributed by atoms with Gasteiger partial charge in [0, 0.05) is 31.3 Å². The summed E-state index contributed by atoms with van der Waals surface area (Å²) >= 11 is 0. The molecule has 0 bridgehead atoms. The molecule has 4 rings (SSSR count). The molecular weight excluding hydrogens is 300 g/mol. The molecule has 1 fully saturated rings. The summed E-state index contributed by atoms with van der Waals surface area (Å²) in [7, 11) is 0. The van der Waals surface area contributed by atoms with E-state index in [-0.39, 0.29) is 11.3 Å². The molecule has 1 unspecified atom stereocenters. The third-order valence-corrected chi connectivity index (χ3v) is 4.31. The SMILES string of the molecule is O=c1nc(C#Cc2ccc(F)cc2F)cc2n1CC1CCCN21. The summed E-state index contributed by atoms with van der Waals surface area (Å²) in [5.41, 5.74) is 0.0474. The third kappa shape index (κ3) is 2.38. The van der Waals surface area contributed by atoms with Crippen LogP contribution in [-0.4, -0.2) is 22.1 Å². The molecule has 116 valence electrons. The first-order valence-corrected chi connectivity index (χ1v) is 7.47. The van der Waals surface area contributed by atoms with E-state index in [1.807, 2.05) is 0 Å². The summed E-state index contributed by atoms with van der Waals surface area (Å²) < 4.78 is 28.1. The van der Waals surface area contributed by atoms with Crippen LogP contribution < -0.4 is 10.6 Å². The van der Waals surface area contributed by atoms with Crippen LogP contribution in [0.1, 0.15) is 24.1 Å². The Labute approximate surface area is 131 Å². The van der Waals surface area contributed by atoms with Crippen LogP contribution in [0.3, 0.4) is 0 Å². The highest BCUT2D eigenvalue weighted by molar-refractivity contribution is 5.50. The van der Waals surface area contributed by atoms with Gasteiger partial charge in [-0.3, -0.25) is 4.57 Å². The number of benzene rings is 1. The van der Waals surface area contributed by atoms with Gasteiger partial charge in [0.05, 0.1) is 5.56 Å². The molecule has 0 spiro atoms. The quantitative estimate of drug-likeness (QED) is 0.697. The summed E-state index contributed by atoms with van der Waals surface area (Å²) in [6.45, 7) is 1.59. The Kier molecular flexibility index (Phi) is 3.15. The van der Waals surface area contributed by atoms with E-state index in [1.165, 1.54) is 6.07 Å². The Morgan fingerprint density at radius 1 is 1.22 bits per heavy atom. The summed E-state index contributed by atoms with van der Waals surface area (Å²) in [5, 5.41) is 0. The molecule has 6 heteroatoms. The van der Waals surface area contributed by atoms with Crippen LogP contribution in [0, 0.1) is 23.5 Å². The van der Waals surface area contributed by atoms with Gasteiger partial charge in [-0.05, 0) is 30.9 Å². The molecule has 1 aromatic heterocycles. The zero-order valence-electron chi connectivity index (χ0n) is 12.2. The van der Waals surface area contributed by atoms with Crippen LogP contribution in [0.4, 0.5) is 14.6 Å². The molecule has 1 atom stereocenters. The van der Waals surface area contributed by atoms with E-state index in [0.29, 0.717) is 18.3 Å². The Morgan fingerprint density at radius 2 is 2.09 bits per heavy atom. The van der Waals surface area contributed by atoms with Gasteiger partial charge in [0.25, 0.3) is 0 Å². The molecule has 0 aliphatic carbocycles. The predicted octanol–water partition coefficient (Wildman–Crippen LogP) is 1.90. The largest absolute Gasteiger partial charge is 0.353 e. The lowest BCUT2D eigenvalue weighted by atomic mass is 10.2. The van der Waals surface area contributed by atoms with Crippen LogP contribution in [-0.2, 0) is 6.54 Å². The fourth-order valence-electron chi connectivity index (χ4n) is 3.23. The maximum Gasteiger partial charge on any atom is 0.350 e. The normalized spacial score (nSPS) is 18.3. The molecule has 0 amide bonds. The van der Waals surface area contributed by atoms with Crippen molar-refractivity contribution in [3.63, 3.8) is 0 Å². The van der Waals surface area contributed by atoms with Gasteiger partial charge in [-0.1, -0.05) is 5.92 Å². The molecule has 3 heterocycles. The minimum absolute atomic E-state index is 0.0767. The average Bonchev–Trinajstić information content (AvgIpc) is 3.08. The molecular formula is C17H13F2N3O. The van der Waals surface area contributed by atoms with Crippen molar-refractivity contribution in [1.82, 2.24) is 9.55 Å². The highest BCUT2D eigenvalue weighted by Gasteiger charge is 2.34. The van der Waals surface area contributed by atoms with Crippen molar-refractivity contribution >= 4 is 5.82 Å². The Bertz CT molecular complexity index is 910. The van der Waals surface area contributed by atoms with E-state index in [1.54, 1.807) is 10.6 Å². The van der Waals surface area contributed by atoms with Crippen LogP contribution in [0.15, 0.2) is 29.1 Å². The fraction of sp³-hybridized carbons (Fsp3) is 0.294. The number of anilines is 1. The summed E-state index contributed by atoms with van der Waals surface area (Å²) in [5.74, 6) is 4.77. The van der Waals surface area contributed by atoms with E-state index in [2.05, 4.69) is 21.7 Å². The van der Waals surface area contributed by atoms with E-state index >= 15 is 0 Å². The van der Waals surface area contributed by atoms with E-state index in [0.717, 1.165) is 37.3 Å². The van der Waals surface area contributed by atoms with Gasteiger partial charge in [-0.25, -0.2) is 13.6 Å². The van der Waals surface area contributed by atoms with E-state index < -0.39 is 11.6 Å².